The molecule has 2 rings (SSSR count). The van der Waals surface area contributed by atoms with Crippen LogP contribution in [0.1, 0.15) is 47.1 Å². The summed E-state index contributed by atoms with van der Waals surface area (Å²) in [6, 6.07) is 12.5. The van der Waals surface area contributed by atoms with Crippen molar-refractivity contribution in [2.45, 2.75) is 27.3 Å². The lowest BCUT2D eigenvalue weighted by Gasteiger charge is -2.19. The minimum absolute atomic E-state index is 0.114. The summed E-state index contributed by atoms with van der Waals surface area (Å²) in [5, 5.41) is 2.59. The number of carbonyl (C=O) groups is 2. The highest BCUT2D eigenvalue weighted by Gasteiger charge is 2.16. The fourth-order valence-corrected chi connectivity index (χ4v) is 2.76. The lowest BCUT2D eigenvalue weighted by Crippen LogP contribution is -2.26. The maximum atomic E-state index is 12.9. The summed E-state index contributed by atoms with van der Waals surface area (Å²) in [7, 11) is 3.34. The summed E-state index contributed by atoms with van der Waals surface area (Å²) in [6.07, 6.45) is 0. The predicted molar refractivity (Wildman–Crippen MR) is 114 cm³/mol. The number of nitrogens with one attached hydrogen (secondary N) is 1. The SMILES string of the molecule is CCOc1cc(C(=O)N(C)Cc2ccc(C(=O)NC)cc2)ccc1OCC(C)C. The Hall–Kier alpha value is -3.02. The summed E-state index contributed by atoms with van der Waals surface area (Å²) in [5.74, 6) is 1.36. The first-order valence-electron chi connectivity index (χ1n) is 9.81. The number of benzene rings is 2. The van der Waals surface area contributed by atoms with E-state index >= 15 is 0 Å². The number of rotatable bonds is 9. The molecule has 0 aromatic heterocycles. The van der Waals surface area contributed by atoms with E-state index in [2.05, 4.69) is 19.2 Å². The summed E-state index contributed by atoms with van der Waals surface area (Å²) in [6.45, 7) is 7.56. The van der Waals surface area contributed by atoms with E-state index in [1.54, 1.807) is 49.3 Å². The monoisotopic (exact) mass is 398 g/mol. The van der Waals surface area contributed by atoms with E-state index in [0.717, 1.165) is 5.56 Å². The smallest absolute Gasteiger partial charge is 0.254 e. The van der Waals surface area contributed by atoms with Crippen LogP contribution in [-0.4, -0.2) is 44.0 Å². The Kier molecular flexibility index (Phi) is 8.07. The van der Waals surface area contributed by atoms with Crippen LogP contribution >= 0.6 is 0 Å². The Balaban J connectivity index is 2.11. The Morgan fingerprint density at radius 3 is 2.24 bits per heavy atom. The topological polar surface area (TPSA) is 67.9 Å². The molecular weight excluding hydrogens is 368 g/mol. The van der Waals surface area contributed by atoms with Crippen molar-refractivity contribution in [3.8, 4) is 11.5 Å². The average molecular weight is 399 g/mol. The Morgan fingerprint density at radius 1 is 1.00 bits per heavy atom. The van der Waals surface area contributed by atoms with Gasteiger partial charge >= 0.3 is 0 Å². The molecule has 1 N–H and O–H groups in total. The second-order valence-corrected chi connectivity index (χ2v) is 7.24. The third-order valence-electron chi connectivity index (χ3n) is 4.27. The highest BCUT2D eigenvalue weighted by molar-refractivity contribution is 5.95. The molecule has 156 valence electrons. The van der Waals surface area contributed by atoms with E-state index in [1.165, 1.54) is 0 Å². The first-order valence-corrected chi connectivity index (χ1v) is 9.81. The summed E-state index contributed by atoms with van der Waals surface area (Å²) in [4.78, 5) is 26.1. The molecule has 2 aromatic rings. The molecule has 0 saturated carbocycles. The number of nitrogens with zero attached hydrogens (tertiary/aromatic N) is 1. The number of carbonyl (C=O) groups excluding carboxylic acids is 2. The maximum absolute atomic E-state index is 12.9. The van der Waals surface area contributed by atoms with Gasteiger partial charge in [0.15, 0.2) is 11.5 Å². The van der Waals surface area contributed by atoms with Crippen molar-refractivity contribution in [3.63, 3.8) is 0 Å². The molecule has 6 nitrogen and oxygen atoms in total. The fourth-order valence-electron chi connectivity index (χ4n) is 2.76. The molecule has 6 heteroatoms. The molecule has 29 heavy (non-hydrogen) atoms. The largest absolute Gasteiger partial charge is 0.490 e. The quantitative estimate of drug-likeness (QED) is 0.699. The standard InChI is InChI=1S/C23H30N2O4/c1-6-28-21-13-19(11-12-20(21)29-15-16(2)3)23(27)25(5)14-17-7-9-18(10-8-17)22(26)24-4/h7-13,16H,6,14-15H2,1-5H3,(H,24,26). The lowest BCUT2D eigenvalue weighted by atomic mass is 10.1. The number of amides is 2. The molecule has 0 aliphatic heterocycles. The number of hydrogen-bond acceptors (Lipinski definition) is 4. The molecule has 0 unspecified atom stereocenters. The molecule has 0 aliphatic rings. The van der Waals surface area contributed by atoms with Crippen LogP contribution in [0.25, 0.3) is 0 Å². The van der Waals surface area contributed by atoms with Crippen LogP contribution in [0.5, 0.6) is 11.5 Å². The van der Waals surface area contributed by atoms with E-state index in [4.69, 9.17) is 9.47 Å². The van der Waals surface area contributed by atoms with Crippen molar-refractivity contribution in [1.29, 1.82) is 0 Å². The minimum Gasteiger partial charge on any atom is -0.490 e. The summed E-state index contributed by atoms with van der Waals surface area (Å²) >= 11 is 0. The molecular formula is C23H30N2O4. The van der Waals surface area contributed by atoms with Gasteiger partial charge in [-0.2, -0.15) is 0 Å². The van der Waals surface area contributed by atoms with Gasteiger partial charge in [0.2, 0.25) is 0 Å². The third-order valence-corrected chi connectivity index (χ3v) is 4.27. The van der Waals surface area contributed by atoms with Gasteiger partial charge in [0.25, 0.3) is 11.8 Å². The van der Waals surface area contributed by atoms with Crippen molar-refractivity contribution < 1.29 is 19.1 Å². The normalized spacial score (nSPS) is 10.6. The molecule has 2 amide bonds. The number of hydrogen-bond donors (Lipinski definition) is 1. The van der Waals surface area contributed by atoms with Crippen molar-refractivity contribution >= 4 is 11.8 Å². The van der Waals surface area contributed by atoms with Gasteiger partial charge < -0.3 is 19.7 Å². The van der Waals surface area contributed by atoms with Gasteiger partial charge in [0.1, 0.15) is 0 Å². The molecule has 0 fully saturated rings. The van der Waals surface area contributed by atoms with Crippen LogP contribution in [0.15, 0.2) is 42.5 Å². The van der Waals surface area contributed by atoms with Gasteiger partial charge in [-0.1, -0.05) is 26.0 Å². The Labute approximate surface area is 172 Å². The molecule has 2 aromatic carbocycles. The second kappa shape index (κ2) is 10.5. The van der Waals surface area contributed by atoms with Crippen molar-refractivity contribution in [2.75, 3.05) is 27.3 Å². The molecule has 0 aliphatic carbocycles. The van der Waals surface area contributed by atoms with E-state index in [1.807, 2.05) is 19.1 Å². The zero-order valence-corrected chi connectivity index (χ0v) is 17.8. The van der Waals surface area contributed by atoms with Crippen molar-refractivity contribution in [2.24, 2.45) is 5.92 Å². The van der Waals surface area contributed by atoms with Gasteiger partial charge in [0.05, 0.1) is 13.2 Å². The molecule has 0 spiro atoms. The van der Waals surface area contributed by atoms with Crippen LogP contribution in [-0.2, 0) is 6.54 Å². The Morgan fingerprint density at radius 2 is 1.66 bits per heavy atom. The van der Waals surface area contributed by atoms with Crippen LogP contribution < -0.4 is 14.8 Å². The zero-order chi connectivity index (χ0) is 21.4. The van der Waals surface area contributed by atoms with Gasteiger partial charge in [-0.05, 0) is 48.7 Å². The predicted octanol–water partition coefficient (Wildman–Crippen LogP) is 3.75. The van der Waals surface area contributed by atoms with Crippen LogP contribution in [0.3, 0.4) is 0 Å². The second-order valence-electron chi connectivity index (χ2n) is 7.24. The first-order chi connectivity index (χ1) is 13.8. The molecule has 0 radical (unpaired) electrons. The summed E-state index contributed by atoms with van der Waals surface area (Å²) in [5.41, 5.74) is 2.06. The minimum atomic E-state index is -0.135. The highest BCUT2D eigenvalue weighted by Crippen LogP contribution is 2.29. The summed E-state index contributed by atoms with van der Waals surface area (Å²) < 4.78 is 11.5. The molecule has 0 heterocycles. The fraction of sp³-hybridized carbons (Fsp3) is 0.391. The molecule has 0 saturated heterocycles. The van der Waals surface area contributed by atoms with Gasteiger partial charge in [-0.15, -0.1) is 0 Å². The third kappa shape index (κ3) is 6.24. The van der Waals surface area contributed by atoms with Gasteiger partial charge in [0, 0.05) is 31.8 Å². The lowest BCUT2D eigenvalue weighted by molar-refractivity contribution is 0.0784. The van der Waals surface area contributed by atoms with E-state index in [-0.39, 0.29) is 11.8 Å². The van der Waals surface area contributed by atoms with E-state index in [9.17, 15) is 9.59 Å². The van der Waals surface area contributed by atoms with Gasteiger partial charge in [-0.3, -0.25) is 9.59 Å². The zero-order valence-electron chi connectivity index (χ0n) is 17.8. The van der Waals surface area contributed by atoms with Crippen LogP contribution in [0.4, 0.5) is 0 Å². The van der Waals surface area contributed by atoms with Crippen molar-refractivity contribution in [3.05, 3.63) is 59.2 Å². The van der Waals surface area contributed by atoms with E-state index in [0.29, 0.717) is 48.3 Å². The van der Waals surface area contributed by atoms with Crippen molar-refractivity contribution in [1.82, 2.24) is 10.2 Å². The van der Waals surface area contributed by atoms with Crippen LogP contribution in [0, 0.1) is 5.92 Å². The number of ether oxygens (including phenoxy) is 2. The van der Waals surface area contributed by atoms with E-state index < -0.39 is 0 Å². The average Bonchev–Trinajstić information content (AvgIpc) is 2.72. The highest BCUT2D eigenvalue weighted by atomic mass is 16.5. The molecule has 0 atom stereocenters. The van der Waals surface area contributed by atoms with Crippen LogP contribution in [0.2, 0.25) is 0 Å². The Bertz CT molecular complexity index is 831. The van der Waals surface area contributed by atoms with Gasteiger partial charge in [-0.25, -0.2) is 0 Å². The maximum Gasteiger partial charge on any atom is 0.254 e. The molecule has 0 bridgehead atoms. The first kappa shape index (κ1) is 22.3.